The summed E-state index contributed by atoms with van der Waals surface area (Å²) in [6, 6.07) is 14.3. The smallest absolute Gasteiger partial charge is 0.241 e. The zero-order valence-corrected chi connectivity index (χ0v) is 21.1. The quantitative estimate of drug-likeness (QED) is 0.448. The van der Waals surface area contributed by atoms with Gasteiger partial charge >= 0.3 is 0 Å². The molecule has 2 unspecified atom stereocenters. The lowest BCUT2D eigenvalue weighted by atomic mass is 9.94. The Morgan fingerprint density at radius 1 is 1.27 bits per heavy atom. The van der Waals surface area contributed by atoms with Gasteiger partial charge in [0.1, 0.15) is 0 Å². The number of rotatable bonds is 7. The van der Waals surface area contributed by atoms with E-state index in [1.807, 2.05) is 24.3 Å². The molecule has 174 valence electrons. The highest BCUT2D eigenvalue weighted by Gasteiger charge is 2.28. The van der Waals surface area contributed by atoms with Gasteiger partial charge in [-0.25, -0.2) is 0 Å². The largest absolute Gasteiger partial charge is 0.349 e. The number of hydrogen-bond donors (Lipinski definition) is 1. The van der Waals surface area contributed by atoms with Crippen LogP contribution in [0.15, 0.2) is 51.5 Å². The van der Waals surface area contributed by atoms with Crippen LogP contribution in [0.4, 0.5) is 0 Å². The SMILES string of the molecule is CCC(NC(=O)C1CCCN(Cc2nc(-c3cccc(Br)c3)no2)C1)c1ccc(C)cc1C. The van der Waals surface area contributed by atoms with Crippen LogP contribution in [0.1, 0.15) is 54.8 Å². The average molecular weight is 511 g/mol. The minimum atomic E-state index is -0.0361. The lowest BCUT2D eigenvalue weighted by Gasteiger charge is -2.32. The van der Waals surface area contributed by atoms with Crippen LogP contribution in [0, 0.1) is 19.8 Å². The van der Waals surface area contributed by atoms with Crippen LogP contribution < -0.4 is 5.32 Å². The molecule has 0 aliphatic carbocycles. The van der Waals surface area contributed by atoms with E-state index in [0.29, 0.717) is 24.8 Å². The highest BCUT2D eigenvalue weighted by Crippen LogP contribution is 2.25. The first-order chi connectivity index (χ1) is 15.9. The molecule has 33 heavy (non-hydrogen) atoms. The molecule has 1 saturated heterocycles. The number of benzene rings is 2. The number of carbonyl (C=O) groups is 1. The predicted octanol–water partition coefficient (Wildman–Crippen LogP) is 5.60. The Labute approximate surface area is 203 Å². The van der Waals surface area contributed by atoms with Crippen LogP contribution in [0.25, 0.3) is 11.4 Å². The number of aromatic nitrogens is 2. The number of nitrogens with zero attached hydrogens (tertiary/aromatic N) is 3. The van der Waals surface area contributed by atoms with Crippen LogP contribution in [0.3, 0.4) is 0 Å². The van der Waals surface area contributed by atoms with Gasteiger partial charge in [0, 0.05) is 16.6 Å². The van der Waals surface area contributed by atoms with Crippen molar-refractivity contribution in [3.63, 3.8) is 0 Å². The van der Waals surface area contributed by atoms with E-state index in [-0.39, 0.29) is 17.9 Å². The van der Waals surface area contributed by atoms with Crippen molar-refractivity contribution < 1.29 is 9.32 Å². The number of nitrogens with one attached hydrogen (secondary N) is 1. The molecule has 1 aliphatic rings. The highest BCUT2D eigenvalue weighted by molar-refractivity contribution is 9.10. The minimum Gasteiger partial charge on any atom is -0.349 e. The third-order valence-corrected chi connectivity index (χ3v) is 6.80. The summed E-state index contributed by atoms with van der Waals surface area (Å²) in [7, 11) is 0. The van der Waals surface area contributed by atoms with Crippen LogP contribution in [0.2, 0.25) is 0 Å². The van der Waals surface area contributed by atoms with Gasteiger partial charge in [-0.05, 0) is 62.9 Å². The molecule has 1 amide bonds. The zero-order valence-electron chi connectivity index (χ0n) is 19.5. The number of piperidine rings is 1. The Morgan fingerprint density at radius 3 is 2.88 bits per heavy atom. The summed E-state index contributed by atoms with van der Waals surface area (Å²) in [5.74, 6) is 1.25. The van der Waals surface area contributed by atoms with Gasteiger partial charge in [0.25, 0.3) is 0 Å². The molecular formula is C26H31BrN4O2. The number of likely N-dealkylation sites (tertiary alicyclic amines) is 1. The average Bonchev–Trinajstić information content (AvgIpc) is 3.26. The number of carbonyl (C=O) groups excluding carboxylic acids is 1. The second-order valence-corrected chi connectivity index (χ2v) is 9.84. The molecule has 0 saturated carbocycles. The molecule has 1 fully saturated rings. The topological polar surface area (TPSA) is 71.3 Å². The first kappa shape index (κ1) is 23.6. The van der Waals surface area contributed by atoms with Gasteiger partial charge in [-0.15, -0.1) is 0 Å². The second kappa shape index (κ2) is 10.6. The number of aryl methyl sites for hydroxylation is 2. The summed E-state index contributed by atoms with van der Waals surface area (Å²) >= 11 is 3.48. The molecule has 1 aliphatic heterocycles. The fourth-order valence-electron chi connectivity index (χ4n) is 4.57. The van der Waals surface area contributed by atoms with Crippen molar-refractivity contribution in [3.05, 3.63) is 69.5 Å². The highest BCUT2D eigenvalue weighted by atomic mass is 79.9. The Balaban J connectivity index is 1.37. The van der Waals surface area contributed by atoms with Crippen molar-refractivity contribution >= 4 is 21.8 Å². The molecule has 1 aromatic heterocycles. The third kappa shape index (κ3) is 5.89. The molecule has 2 heterocycles. The summed E-state index contributed by atoms with van der Waals surface area (Å²) in [6.07, 6.45) is 2.75. The van der Waals surface area contributed by atoms with E-state index in [4.69, 9.17) is 4.52 Å². The van der Waals surface area contributed by atoms with Crippen molar-refractivity contribution in [2.45, 2.75) is 52.6 Å². The fourth-order valence-corrected chi connectivity index (χ4v) is 4.97. The Kier molecular flexibility index (Phi) is 7.60. The summed E-state index contributed by atoms with van der Waals surface area (Å²) in [6.45, 7) is 8.51. The first-order valence-electron chi connectivity index (χ1n) is 11.6. The maximum absolute atomic E-state index is 13.1. The molecule has 0 bridgehead atoms. The number of hydrogen-bond acceptors (Lipinski definition) is 5. The van der Waals surface area contributed by atoms with Crippen molar-refractivity contribution in [2.75, 3.05) is 13.1 Å². The van der Waals surface area contributed by atoms with Gasteiger partial charge in [-0.3, -0.25) is 9.69 Å². The molecule has 2 atom stereocenters. The van der Waals surface area contributed by atoms with Crippen LogP contribution in [0.5, 0.6) is 0 Å². The second-order valence-electron chi connectivity index (χ2n) is 8.93. The molecule has 2 aromatic carbocycles. The van der Waals surface area contributed by atoms with E-state index in [1.54, 1.807) is 0 Å². The van der Waals surface area contributed by atoms with Gasteiger partial charge in [0.05, 0.1) is 18.5 Å². The van der Waals surface area contributed by atoms with Crippen molar-refractivity contribution in [2.24, 2.45) is 5.92 Å². The van der Waals surface area contributed by atoms with Gasteiger partial charge < -0.3 is 9.84 Å². The Hall–Kier alpha value is -2.51. The van der Waals surface area contributed by atoms with Crippen LogP contribution >= 0.6 is 15.9 Å². The Bertz CT molecular complexity index is 1110. The molecule has 4 rings (SSSR count). The molecule has 6 nitrogen and oxygen atoms in total. The van der Waals surface area contributed by atoms with Gasteiger partial charge in [-0.2, -0.15) is 4.98 Å². The predicted molar refractivity (Wildman–Crippen MR) is 133 cm³/mol. The lowest BCUT2D eigenvalue weighted by molar-refractivity contribution is -0.127. The van der Waals surface area contributed by atoms with Crippen molar-refractivity contribution in [1.29, 1.82) is 0 Å². The normalized spacial score (nSPS) is 17.6. The van der Waals surface area contributed by atoms with Crippen molar-refractivity contribution in [1.82, 2.24) is 20.4 Å². The van der Waals surface area contributed by atoms with Crippen LogP contribution in [-0.2, 0) is 11.3 Å². The molecule has 3 aromatic rings. The maximum atomic E-state index is 13.1. The van der Waals surface area contributed by atoms with Gasteiger partial charge in [0.2, 0.25) is 17.6 Å². The lowest BCUT2D eigenvalue weighted by Crippen LogP contribution is -2.43. The first-order valence-corrected chi connectivity index (χ1v) is 12.4. The minimum absolute atomic E-state index is 0.0361. The molecule has 7 heteroatoms. The van der Waals surface area contributed by atoms with Crippen LogP contribution in [-0.4, -0.2) is 34.0 Å². The summed E-state index contributed by atoms with van der Waals surface area (Å²) in [5.41, 5.74) is 4.58. The third-order valence-electron chi connectivity index (χ3n) is 6.31. The number of halogens is 1. The van der Waals surface area contributed by atoms with E-state index in [1.165, 1.54) is 16.7 Å². The zero-order chi connectivity index (χ0) is 23.4. The van der Waals surface area contributed by atoms with E-state index in [9.17, 15) is 4.79 Å². The van der Waals surface area contributed by atoms with E-state index in [0.717, 1.165) is 35.8 Å². The van der Waals surface area contributed by atoms with E-state index in [2.05, 4.69) is 75.3 Å². The number of amides is 1. The molecule has 1 N–H and O–H groups in total. The van der Waals surface area contributed by atoms with E-state index >= 15 is 0 Å². The maximum Gasteiger partial charge on any atom is 0.241 e. The van der Waals surface area contributed by atoms with Crippen molar-refractivity contribution in [3.8, 4) is 11.4 Å². The monoisotopic (exact) mass is 510 g/mol. The molecular weight excluding hydrogens is 480 g/mol. The van der Waals surface area contributed by atoms with Gasteiger partial charge in [0.15, 0.2) is 0 Å². The van der Waals surface area contributed by atoms with Gasteiger partial charge in [-0.1, -0.05) is 63.9 Å². The standard InChI is InChI=1S/C26H31BrN4O2/c1-4-23(22-11-10-17(2)13-18(22)3)28-26(32)20-8-6-12-31(15-20)16-24-29-25(30-33-24)19-7-5-9-21(27)14-19/h5,7,9-11,13-14,20,23H,4,6,8,12,15-16H2,1-3H3,(H,28,32). The molecule has 0 spiro atoms. The summed E-state index contributed by atoms with van der Waals surface area (Å²) < 4.78 is 6.48. The summed E-state index contributed by atoms with van der Waals surface area (Å²) in [4.78, 5) is 19.9. The van der Waals surface area contributed by atoms with E-state index < -0.39 is 0 Å². The molecule has 0 radical (unpaired) electrons. The fraction of sp³-hybridized carbons (Fsp3) is 0.423. The summed E-state index contributed by atoms with van der Waals surface area (Å²) in [5, 5.41) is 7.44. The Morgan fingerprint density at radius 2 is 2.12 bits per heavy atom.